The molecule has 2 aliphatic carbocycles. The van der Waals surface area contributed by atoms with E-state index in [4.69, 9.17) is 0 Å². The summed E-state index contributed by atoms with van der Waals surface area (Å²) in [5, 5.41) is 0. The van der Waals surface area contributed by atoms with Gasteiger partial charge in [-0.25, -0.2) is 0 Å². The van der Waals surface area contributed by atoms with Crippen LogP contribution in [0, 0.1) is 23.7 Å². The molecule has 2 heteroatoms. The van der Waals surface area contributed by atoms with Gasteiger partial charge in [0.15, 0.2) is 5.78 Å². The minimum Gasteiger partial charge on any atom is -0.327 e. The van der Waals surface area contributed by atoms with E-state index in [0.29, 0.717) is 17.7 Å². The summed E-state index contributed by atoms with van der Waals surface area (Å²) in [5.74, 6) is 3.78. The van der Waals surface area contributed by atoms with Crippen molar-refractivity contribution in [2.24, 2.45) is 23.7 Å². The van der Waals surface area contributed by atoms with Gasteiger partial charge in [0.2, 0.25) is 0 Å². The van der Waals surface area contributed by atoms with Crippen LogP contribution in [0.25, 0.3) is 0 Å². The summed E-state index contributed by atoms with van der Waals surface area (Å²) in [6.07, 6.45) is 15.0. The number of hydrogen-bond acceptors (Lipinski definition) is 1. The third kappa shape index (κ3) is 4.59. The normalized spacial score (nSPS) is 40.0. The molecular formula is C21H38NO+. The van der Waals surface area contributed by atoms with Crippen molar-refractivity contribution in [2.75, 3.05) is 13.1 Å². The Morgan fingerprint density at radius 1 is 0.870 bits per heavy atom. The Morgan fingerprint density at radius 2 is 1.52 bits per heavy atom. The first-order chi connectivity index (χ1) is 11.1. The Labute approximate surface area is 143 Å². The predicted molar refractivity (Wildman–Crippen MR) is 95.6 cm³/mol. The summed E-state index contributed by atoms with van der Waals surface area (Å²) in [6.45, 7) is 6.73. The van der Waals surface area contributed by atoms with Crippen LogP contribution in [0.2, 0.25) is 0 Å². The lowest BCUT2D eigenvalue weighted by Gasteiger charge is -2.37. The molecule has 0 spiro atoms. The zero-order chi connectivity index (χ0) is 16.2. The summed E-state index contributed by atoms with van der Waals surface area (Å²) in [5.41, 5.74) is 0. The molecule has 3 rings (SSSR count). The average Bonchev–Trinajstić information content (AvgIpc) is 2.58. The van der Waals surface area contributed by atoms with Crippen LogP contribution in [0.4, 0.5) is 0 Å². The Morgan fingerprint density at radius 3 is 2.17 bits per heavy atom. The fourth-order valence-corrected chi connectivity index (χ4v) is 5.72. The van der Waals surface area contributed by atoms with E-state index >= 15 is 0 Å². The van der Waals surface area contributed by atoms with Crippen LogP contribution >= 0.6 is 0 Å². The molecule has 1 saturated heterocycles. The van der Waals surface area contributed by atoms with E-state index in [-0.39, 0.29) is 0 Å². The van der Waals surface area contributed by atoms with Crippen molar-refractivity contribution in [1.29, 1.82) is 0 Å². The molecule has 1 N–H and O–H groups in total. The van der Waals surface area contributed by atoms with Crippen molar-refractivity contribution < 1.29 is 9.69 Å². The molecule has 3 aliphatic rings. The number of Topliss-reactive ketones (excluding diaryl/α,β-unsaturated/α-hetero) is 1. The van der Waals surface area contributed by atoms with Crippen LogP contribution in [0.1, 0.15) is 84.5 Å². The van der Waals surface area contributed by atoms with Gasteiger partial charge in [-0.15, -0.1) is 0 Å². The molecule has 2 saturated carbocycles. The molecule has 0 aromatic heterocycles. The maximum Gasteiger partial charge on any atom is 0.189 e. The van der Waals surface area contributed by atoms with Gasteiger partial charge in [-0.1, -0.05) is 39.0 Å². The number of carbonyl (C=O) groups is 1. The second-order valence-corrected chi connectivity index (χ2v) is 9.09. The molecule has 1 heterocycles. The lowest BCUT2D eigenvalue weighted by atomic mass is 9.70. The zero-order valence-electron chi connectivity index (χ0n) is 15.5. The number of carbonyl (C=O) groups excluding carboxylic acids is 1. The Bertz CT molecular complexity index is 379. The molecular weight excluding hydrogens is 282 g/mol. The summed E-state index contributed by atoms with van der Waals surface area (Å²) in [4.78, 5) is 14.3. The molecule has 3 unspecified atom stereocenters. The SMILES string of the molecule is CC1CC[NH+](CC(=O)C2CCC(C3CCCCC3)CC2)C(C)C1. The van der Waals surface area contributed by atoms with Gasteiger partial charge in [0.1, 0.15) is 6.54 Å². The number of rotatable bonds is 4. The van der Waals surface area contributed by atoms with Gasteiger partial charge in [-0.05, 0) is 56.8 Å². The first-order valence-electron chi connectivity index (χ1n) is 10.5. The monoisotopic (exact) mass is 320 g/mol. The molecule has 1 aliphatic heterocycles. The van der Waals surface area contributed by atoms with Crippen LogP contribution < -0.4 is 4.90 Å². The van der Waals surface area contributed by atoms with Crippen molar-refractivity contribution >= 4 is 5.78 Å². The first-order valence-corrected chi connectivity index (χ1v) is 10.5. The first kappa shape index (κ1) is 17.5. The van der Waals surface area contributed by atoms with E-state index in [2.05, 4.69) is 13.8 Å². The van der Waals surface area contributed by atoms with Crippen LogP contribution in [-0.4, -0.2) is 24.9 Å². The second kappa shape index (κ2) is 8.14. The Balaban J connectivity index is 1.43. The Kier molecular flexibility index (Phi) is 6.18. The zero-order valence-corrected chi connectivity index (χ0v) is 15.5. The summed E-state index contributed by atoms with van der Waals surface area (Å²) < 4.78 is 0. The molecule has 0 aromatic carbocycles. The van der Waals surface area contributed by atoms with Gasteiger partial charge >= 0.3 is 0 Å². The van der Waals surface area contributed by atoms with E-state index in [1.54, 1.807) is 4.90 Å². The number of likely N-dealkylation sites (tertiary alicyclic amines) is 1. The fourth-order valence-electron chi connectivity index (χ4n) is 5.72. The van der Waals surface area contributed by atoms with Crippen molar-refractivity contribution in [2.45, 2.75) is 90.5 Å². The van der Waals surface area contributed by atoms with Crippen LogP contribution in [0.3, 0.4) is 0 Å². The lowest BCUT2D eigenvalue weighted by molar-refractivity contribution is -0.922. The largest absolute Gasteiger partial charge is 0.327 e. The highest BCUT2D eigenvalue weighted by atomic mass is 16.1. The van der Waals surface area contributed by atoms with Crippen LogP contribution in [0.15, 0.2) is 0 Å². The van der Waals surface area contributed by atoms with Crippen molar-refractivity contribution in [1.82, 2.24) is 0 Å². The second-order valence-electron chi connectivity index (χ2n) is 9.09. The minimum atomic E-state index is 0.397. The Hall–Kier alpha value is -0.370. The summed E-state index contributed by atoms with van der Waals surface area (Å²) in [6, 6.07) is 0.682. The third-order valence-corrected chi connectivity index (χ3v) is 7.36. The molecule has 0 amide bonds. The standard InChI is InChI=1S/C21H37NO/c1-16-12-13-22(17(2)14-16)15-21(23)20-10-8-19(9-11-20)18-6-4-3-5-7-18/h16-20H,3-15H2,1-2H3/p+1. The van der Waals surface area contributed by atoms with E-state index in [1.807, 2.05) is 0 Å². The third-order valence-electron chi connectivity index (χ3n) is 7.36. The quantitative estimate of drug-likeness (QED) is 0.839. The molecule has 132 valence electrons. The molecule has 23 heavy (non-hydrogen) atoms. The molecule has 3 atom stereocenters. The van der Waals surface area contributed by atoms with Crippen molar-refractivity contribution in [3.05, 3.63) is 0 Å². The maximum absolute atomic E-state index is 12.8. The van der Waals surface area contributed by atoms with Gasteiger partial charge in [0.25, 0.3) is 0 Å². The molecule has 3 fully saturated rings. The van der Waals surface area contributed by atoms with Gasteiger partial charge in [-0.2, -0.15) is 0 Å². The highest BCUT2D eigenvalue weighted by Crippen LogP contribution is 2.40. The van der Waals surface area contributed by atoms with Crippen molar-refractivity contribution in [3.63, 3.8) is 0 Å². The maximum atomic E-state index is 12.8. The predicted octanol–water partition coefficient (Wildman–Crippen LogP) is 3.65. The lowest BCUT2D eigenvalue weighted by Crippen LogP contribution is -3.17. The number of piperidine rings is 1. The van der Waals surface area contributed by atoms with E-state index in [1.165, 1.54) is 77.2 Å². The molecule has 0 radical (unpaired) electrons. The number of quaternary nitrogens is 1. The molecule has 0 bridgehead atoms. The summed E-state index contributed by atoms with van der Waals surface area (Å²) in [7, 11) is 0. The van der Waals surface area contributed by atoms with E-state index < -0.39 is 0 Å². The van der Waals surface area contributed by atoms with Gasteiger partial charge < -0.3 is 4.90 Å². The van der Waals surface area contributed by atoms with Gasteiger partial charge in [0.05, 0.1) is 12.6 Å². The topological polar surface area (TPSA) is 21.5 Å². The summed E-state index contributed by atoms with van der Waals surface area (Å²) >= 11 is 0. The number of ketones is 1. The number of hydrogen-bond donors (Lipinski definition) is 1. The average molecular weight is 321 g/mol. The highest BCUT2D eigenvalue weighted by molar-refractivity contribution is 5.82. The van der Waals surface area contributed by atoms with E-state index in [9.17, 15) is 4.79 Å². The number of nitrogens with one attached hydrogen (secondary N) is 1. The van der Waals surface area contributed by atoms with Crippen LogP contribution in [0.5, 0.6) is 0 Å². The van der Waals surface area contributed by atoms with Crippen LogP contribution in [-0.2, 0) is 4.79 Å². The van der Waals surface area contributed by atoms with Gasteiger partial charge in [0, 0.05) is 12.3 Å². The van der Waals surface area contributed by atoms with Crippen molar-refractivity contribution in [3.8, 4) is 0 Å². The van der Waals surface area contributed by atoms with E-state index in [0.717, 1.165) is 24.3 Å². The van der Waals surface area contributed by atoms with Gasteiger partial charge in [-0.3, -0.25) is 4.79 Å². The fraction of sp³-hybridized carbons (Fsp3) is 0.952. The molecule has 0 aromatic rings. The highest BCUT2D eigenvalue weighted by Gasteiger charge is 2.34. The minimum absolute atomic E-state index is 0.397. The smallest absolute Gasteiger partial charge is 0.189 e. The molecule has 2 nitrogen and oxygen atoms in total.